The van der Waals surface area contributed by atoms with Gasteiger partial charge in [0, 0.05) is 30.1 Å². The summed E-state index contributed by atoms with van der Waals surface area (Å²) in [6.45, 7) is -1.16. The molecule has 2 aromatic carbocycles. The Hall–Kier alpha value is -2.96. The zero-order valence-corrected chi connectivity index (χ0v) is 14.2. The highest BCUT2D eigenvalue weighted by atomic mass is 19.3. The molecule has 0 fully saturated rings. The molecule has 0 saturated carbocycles. The number of carbonyl (C=O) groups is 2. The Labute approximate surface area is 150 Å². The summed E-state index contributed by atoms with van der Waals surface area (Å²) < 4.78 is 29.2. The molecule has 0 heterocycles. The van der Waals surface area contributed by atoms with Crippen molar-refractivity contribution in [1.82, 2.24) is 10.6 Å². The van der Waals surface area contributed by atoms with Crippen molar-refractivity contribution in [2.45, 2.75) is 32.5 Å². The fourth-order valence-corrected chi connectivity index (χ4v) is 2.35. The van der Waals surface area contributed by atoms with Gasteiger partial charge in [-0.05, 0) is 25.1 Å². The number of carbonyl (C=O) groups excluding carboxylic acids is 2. The molecule has 0 aromatic heterocycles. The lowest BCUT2D eigenvalue weighted by Gasteiger charge is -2.15. The molecule has 1 atom stereocenters. The summed E-state index contributed by atoms with van der Waals surface area (Å²) >= 11 is 0. The van der Waals surface area contributed by atoms with E-state index in [9.17, 15) is 18.4 Å². The molecule has 138 valence electrons. The van der Waals surface area contributed by atoms with Crippen molar-refractivity contribution in [2.75, 3.05) is 0 Å². The maximum absolute atomic E-state index is 12.4. The lowest BCUT2D eigenvalue weighted by Crippen LogP contribution is -2.37. The first-order valence-electron chi connectivity index (χ1n) is 8.11. The SMILES string of the molecule is C[C@@H](CC(=O)NCc1ccccc1OC(F)F)NC(=O)c1ccccc1. The van der Waals surface area contributed by atoms with Crippen LogP contribution >= 0.6 is 0 Å². The summed E-state index contributed by atoms with van der Waals surface area (Å²) in [6, 6.07) is 14.6. The standard InChI is InChI=1S/C19H20F2N2O3/c1-13(23-18(25)14-7-3-2-4-8-14)11-17(24)22-12-15-9-5-6-10-16(15)26-19(20)21/h2-10,13,19H,11-12H2,1H3,(H,22,24)(H,23,25)/t13-/m0/s1. The molecule has 2 aromatic rings. The van der Waals surface area contributed by atoms with Crippen molar-refractivity contribution in [3.8, 4) is 5.75 Å². The molecular weight excluding hydrogens is 342 g/mol. The van der Waals surface area contributed by atoms with Crippen LogP contribution in [0.4, 0.5) is 8.78 Å². The van der Waals surface area contributed by atoms with E-state index < -0.39 is 6.61 Å². The fourth-order valence-electron chi connectivity index (χ4n) is 2.35. The van der Waals surface area contributed by atoms with Crippen molar-refractivity contribution in [1.29, 1.82) is 0 Å². The average molecular weight is 362 g/mol. The van der Waals surface area contributed by atoms with Gasteiger partial charge < -0.3 is 15.4 Å². The summed E-state index contributed by atoms with van der Waals surface area (Å²) in [6.07, 6.45) is 0.0659. The molecule has 0 unspecified atom stereocenters. The number of para-hydroxylation sites is 1. The highest BCUT2D eigenvalue weighted by Gasteiger charge is 2.14. The van der Waals surface area contributed by atoms with Gasteiger partial charge in [-0.25, -0.2) is 0 Å². The predicted octanol–water partition coefficient (Wildman–Crippen LogP) is 3.11. The molecule has 2 rings (SSSR count). The molecule has 2 amide bonds. The smallest absolute Gasteiger partial charge is 0.387 e. The van der Waals surface area contributed by atoms with Crippen LogP contribution in [0.1, 0.15) is 29.3 Å². The maximum atomic E-state index is 12.4. The highest BCUT2D eigenvalue weighted by Crippen LogP contribution is 2.19. The van der Waals surface area contributed by atoms with Crippen molar-refractivity contribution in [2.24, 2.45) is 0 Å². The van der Waals surface area contributed by atoms with Gasteiger partial charge in [0.1, 0.15) is 5.75 Å². The number of benzene rings is 2. The molecule has 0 bridgehead atoms. The lowest BCUT2D eigenvalue weighted by molar-refractivity contribution is -0.121. The molecular formula is C19H20F2N2O3. The molecule has 5 nitrogen and oxygen atoms in total. The van der Waals surface area contributed by atoms with Gasteiger partial charge in [0.05, 0.1) is 0 Å². The largest absolute Gasteiger partial charge is 0.434 e. The lowest BCUT2D eigenvalue weighted by atomic mass is 10.1. The Morgan fingerprint density at radius 2 is 1.69 bits per heavy atom. The van der Waals surface area contributed by atoms with E-state index in [4.69, 9.17) is 0 Å². The van der Waals surface area contributed by atoms with Crippen LogP contribution in [0.5, 0.6) is 5.75 Å². The van der Waals surface area contributed by atoms with E-state index in [2.05, 4.69) is 15.4 Å². The molecule has 0 aliphatic heterocycles. The summed E-state index contributed by atoms with van der Waals surface area (Å²) in [4.78, 5) is 24.1. The minimum absolute atomic E-state index is 0.0215. The first-order valence-corrected chi connectivity index (χ1v) is 8.11. The summed E-state index contributed by atoms with van der Waals surface area (Å²) in [5.74, 6) is -0.549. The second kappa shape index (κ2) is 9.50. The third kappa shape index (κ3) is 6.16. The first kappa shape index (κ1) is 19.4. The summed E-state index contributed by atoms with van der Waals surface area (Å²) in [7, 11) is 0. The number of hydrogen-bond donors (Lipinski definition) is 2. The summed E-state index contributed by atoms with van der Waals surface area (Å²) in [5, 5.41) is 5.38. The first-order chi connectivity index (χ1) is 12.5. The Bertz CT molecular complexity index is 739. The summed E-state index contributed by atoms with van der Waals surface area (Å²) in [5.41, 5.74) is 0.958. The molecule has 0 radical (unpaired) electrons. The third-order valence-electron chi connectivity index (χ3n) is 3.57. The van der Waals surface area contributed by atoms with Crippen molar-refractivity contribution in [3.05, 3.63) is 65.7 Å². The number of hydrogen-bond acceptors (Lipinski definition) is 3. The predicted molar refractivity (Wildman–Crippen MR) is 92.9 cm³/mol. The van der Waals surface area contributed by atoms with Crippen LogP contribution in [0.15, 0.2) is 54.6 Å². The average Bonchev–Trinajstić information content (AvgIpc) is 2.61. The quantitative estimate of drug-likeness (QED) is 0.758. The molecule has 2 N–H and O–H groups in total. The van der Waals surface area contributed by atoms with E-state index in [1.807, 2.05) is 6.07 Å². The van der Waals surface area contributed by atoms with Gasteiger partial charge in [0.2, 0.25) is 5.91 Å². The number of rotatable bonds is 8. The Morgan fingerprint density at radius 1 is 1.04 bits per heavy atom. The maximum Gasteiger partial charge on any atom is 0.387 e. The number of ether oxygens (including phenoxy) is 1. The van der Waals surface area contributed by atoms with E-state index in [1.54, 1.807) is 49.4 Å². The van der Waals surface area contributed by atoms with Crippen molar-refractivity contribution >= 4 is 11.8 Å². The van der Waals surface area contributed by atoms with E-state index >= 15 is 0 Å². The van der Waals surface area contributed by atoms with Gasteiger partial charge in [-0.15, -0.1) is 0 Å². The Kier molecular flexibility index (Phi) is 7.08. The zero-order chi connectivity index (χ0) is 18.9. The molecule has 0 spiro atoms. The van der Waals surface area contributed by atoms with E-state index in [0.29, 0.717) is 11.1 Å². The normalized spacial score (nSPS) is 11.7. The molecule has 0 aliphatic rings. The van der Waals surface area contributed by atoms with E-state index in [0.717, 1.165) is 0 Å². The monoisotopic (exact) mass is 362 g/mol. The minimum Gasteiger partial charge on any atom is -0.434 e. The molecule has 0 saturated heterocycles. The topological polar surface area (TPSA) is 67.4 Å². The van der Waals surface area contributed by atoms with Gasteiger partial charge in [-0.2, -0.15) is 8.78 Å². The second-order valence-corrected chi connectivity index (χ2v) is 5.71. The van der Waals surface area contributed by atoms with Gasteiger partial charge in [0.15, 0.2) is 0 Å². The second-order valence-electron chi connectivity index (χ2n) is 5.71. The van der Waals surface area contributed by atoms with Crippen LogP contribution < -0.4 is 15.4 Å². The Morgan fingerprint density at radius 3 is 2.38 bits per heavy atom. The van der Waals surface area contributed by atoms with Gasteiger partial charge >= 0.3 is 6.61 Å². The van der Waals surface area contributed by atoms with Crippen LogP contribution in [-0.2, 0) is 11.3 Å². The highest BCUT2D eigenvalue weighted by molar-refractivity contribution is 5.94. The van der Waals surface area contributed by atoms with Crippen LogP contribution in [0.25, 0.3) is 0 Å². The van der Waals surface area contributed by atoms with Crippen molar-refractivity contribution in [3.63, 3.8) is 0 Å². The van der Waals surface area contributed by atoms with Gasteiger partial charge in [-0.1, -0.05) is 36.4 Å². The molecule has 26 heavy (non-hydrogen) atoms. The number of halogens is 2. The third-order valence-corrected chi connectivity index (χ3v) is 3.57. The number of nitrogens with one attached hydrogen (secondary N) is 2. The van der Waals surface area contributed by atoms with Crippen LogP contribution in [-0.4, -0.2) is 24.5 Å². The number of alkyl halides is 2. The zero-order valence-electron chi connectivity index (χ0n) is 14.2. The molecule has 0 aliphatic carbocycles. The fraction of sp³-hybridized carbons (Fsp3) is 0.263. The van der Waals surface area contributed by atoms with Gasteiger partial charge in [0.25, 0.3) is 5.91 Å². The van der Waals surface area contributed by atoms with Crippen LogP contribution in [0, 0.1) is 0 Å². The van der Waals surface area contributed by atoms with Gasteiger partial charge in [-0.3, -0.25) is 9.59 Å². The van der Waals surface area contributed by atoms with Crippen LogP contribution in [0.3, 0.4) is 0 Å². The molecule has 7 heteroatoms. The van der Waals surface area contributed by atoms with Crippen molar-refractivity contribution < 1.29 is 23.1 Å². The number of amides is 2. The van der Waals surface area contributed by atoms with E-state index in [1.165, 1.54) is 6.07 Å². The Balaban J connectivity index is 1.82. The van der Waals surface area contributed by atoms with Crippen LogP contribution in [0.2, 0.25) is 0 Å². The minimum atomic E-state index is -2.93. The van der Waals surface area contributed by atoms with E-state index in [-0.39, 0.29) is 36.6 Å².